The Labute approximate surface area is 92.4 Å². The lowest BCUT2D eigenvalue weighted by molar-refractivity contribution is -0.00512. The summed E-state index contributed by atoms with van der Waals surface area (Å²) in [5.41, 5.74) is 8.34. The van der Waals surface area contributed by atoms with Gasteiger partial charge in [-0.3, -0.25) is 0 Å². The fourth-order valence-electron chi connectivity index (χ4n) is 1.56. The van der Waals surface area contributed by atoms with Gasteiger partial charge < -0.3 is 10.5 Å². The van der Waals surface area contributed by atoms with Crippen molar-refractivity contribution in [3.8, 4) is 0 Å². The molecule has 0 saturated carbocycles. The van der Waals surface area contributed by atoms with Gasteiger partial charge in [0.1, 0.15) is 0 Å². The monoisotopic (exact) mass is 207 g/mol. The highest BCUT2D eigenvalue weighted by Gasteiger charge is 2.17. The molecule has 1 aromatic rings. The summed E-state index contributed by atoms with van der Waals surface area (Å²) >= 11 is 0. The highest BCUT2D eigenvalue weighted by Crippen LogP contribution is 2.22. The van der Waals surface area contributed by atoms with E-state index in [4.69, 9.17) is 10.5 Å². The van der Waals surface area contributed by atoms with Crippen LogP contribution in [0.3, 0.4) is 0 Å². The van der Waals surface area contributed by atoms with Gasteiger partial charge in [0.2, 0.25) is 0 Å². The minimum Gasteiger partial charge on any atom is -0.369 e. The van der Waals surface area contributed by atoms with Crippen LogP contribution in [-0.4, -0.2) is 12.1 Å². The first-order chi connectivity index (χ1) is 7.00. The van der Waals surface area contributed by atoms with Crippen LogP contribution in [0, 0.1) is 6.92 Å². The zero-order chi connectivity index (χ0) is 11.4. The summed E-state index contributed by atoms with van der Waals surface area (Å²) < 4.78 is 5.81. The van der Waals surface area contributed by atoms with Gasteiger partial charge in [-0.05, 0) is 33.3 Å². The largest absolute Gasteiger partial charge is 0.369 e. The molecule has 84 valence electrons. The average molecular weight is 207 g/mol. The molecule has 0 heterocycles. The number of nitrogens with two attached hydrogens (primary N) is 1. The van der Waals surface area contributed by atoms with E-state index in [0.717, 1.165) is 5.56 Å². The molecule has 0 spiro atoms. The molecule has 2 heteroatoms. The molecule has 15 heavy (non-hydrogen) atoms. The van der Waals surface area contributed by atoms with Crippen molar-refractivity contribution in [1.82, 2.24) is 0 Å². The summed E-state index contributed by atoms with van der Waals surface area (Å²) in [4.78, 5) is 0. The maximum Gasteiger partial charge on any atom is 0.0976 e. The van der Waals surface area contributed by atoms with Gasteiger partial charge >= 0.3 is 0 Å². The first-order valence-corrected chi connectivity index (χ1v) is 5.48. The van der Waals surface area contributed by atoms with Crippen LogP contribution in [-0.2, 0) is 4.74 Å². The Bertz CT molecular complexity index is 290. The van der Waals surface area contributed by atoms with Crippen molar-refractivity contribution in [3.05, 3.63) is 35.4 Å². The van der Waals surface area contributed by atoms with Crippen molar-refractivity contribution in [2.24, 2.45) is 5.73 Å². The van der Waals surface area contributed by atoms with Crippen molar-refractivity contribution >= 4 is 0 Å². The van der Waals surface area contributed by atoms with Gasteiger partial charge in [-0.2, -0.15) is 0 Å². The number of hydrogen-bond acceptors (Lipinski definition) is 2. The van der Waals surface area contributed by atoms with Crippen LogP contribution in [0.4, 0.5) is 0 Å². The lowest BCUT2D eigenvalue weighted by Crippen LogP contribution is -2.28. The number of hydrogen-bond donors (Lipinski definition) is 1. The second kappa shape index (κ2) is 5.29. The van der Waals surface area contributed by atoms with Crippen molar-refractivity contribution in [2.75, 3.05) is 0 Å². The van der Waals surface area contributed by atoms with Gasteiger partial charge in [0.05, 0.1) is 12.2 Å². The lowest BCUT2D eigenvalue weighted by Gasteiger charge is -2.24. The molecule has 2 N–H and O–H groups in total. The van der Waals surface area contributed by atoms with E-state index in [0.29, 0.717) is 0 Å². The van der Waals surface area contributed by atoms with Crippen molar-refractivity contribution < 1.29 is 4.74 Å². The summed E-state index contributed by atoms with van der Waals surface area (Å²) in [5, 5.41) is 0. The van der Waals surface area contributed by atoms with E-state index in [9.17, 15) is 0 Å². The van der Waals surface area contributed by atoms with Gasteiger partial charge in [0.15, 0.2) is 0 Å². The summed E-state index contributed by atoms with van der Waals surface area (Å²) in [6, 6.07) is 8.37. The van der Waals surface area contributed by atoms with E-state index < -0.39 is 0 Å². The normalized spacial score (nSPS) is 15.3. The molecule has 0 radical (unpaired) electrons. The van der Waals surface area contributed by atoms with E-state index in [1.165, 1.54) is 5.56 Å². The highest BCUT2D eigenvalue weighted by molar-refractivity contribution is 5.24. The van der Waals surface area contributed by atoms with Crippen molar-refractivity contribution in [1.29, 1.82) is 0 Å². The van der Waals surface area contributed by atoms with Gasteiger partial charge in [0.25, 0.3) is 0 Å². The third-order valence-corrected chi connectivity index (χ3v) is 2.30. The third kappa shape index (κ3) is 3.65. The molecular formula is C13H21NO. The fourth-order valence-corrected chi connectivity index (χ4v) is 1.56. The third-order valence-electron chi connectivity index (χ3n) is 2.30. The van der Waals surface area contributed by atoms with Crippen LogP contribution >= 0.6 is 0 Å². The number of aryl methyl sites for hydroxylation is 1. The molecule has 1 rings (SSSR count). The number of rotatable bonds is 4. The fraction of sp³-hybridized carbons (Fsp3) is 0.538. The van der Waals surface area contributed by atoms with E-state index in [1.54, 1.807) is 0 Å². The van der Waals surface area contributed by atoms with Crippen LogP contribution in [0.2, 0.25) is 0 Å². The van der Waals surface area contributed by atoms with Crippen molar-refractivity contribution in [2.45, 2.75) is 45.9 Å². The molecule has 2 unspecified atom stereocenters. The molecule has 0 aliphatic rings. The average Bonchev–Trinajstić information content (AvgIpc) is 2.15. The maximum absolute atomic E-state index is 5.93. The van der Waals surface area contributed by atoms with E-state index in [-0.39, 0.29) is 18.2 Å². The van der Waals surface area contributed by atoms with Crippen LogP contribution in [0.5, 0.6) is 0 Å². The molecule has 0 saturated heterocycles. The first kappa shape index (κ1) is 12.2. The summed E-state index contributed by atoms with van der Waals surface area (Å²) in [6.45, 7) is 8.12. The zero-order valence-corrected chi connectivity index (χ0v) is 10.0. The molecule has 0 bridgehead atoms. The lowest BCUT2D eigenvalue weighted by atomic mass is 10.0. The standard InChI is InChI=1S/C13H21NO/c1-9(2)15-13(11(4)14)12-7-5-10(3)6-8-12/h5-9,11,13H,14H2,1-4H3. The predicted molar refractivity (Wildman–Crippen MR) is 63.8 cm³/mol. The molecule has 0 fully saturated rings. The summed E-state index contributed by atoms with van der Waals surface area (Å²) in [6.07, 6.45) is 0.188. The molecule has 0 aliphatic heterocycles. The molecular weight excluding hydrogens is 186 g/mol. The zero-order valence-electron chi connectivity index (χ0n) is 10.0. The maximum atomic E-state index is 5.93. The van der Waals surface area contributed by atoms with Crippen LogP contribution < -0.4 is 5.73 Å². The van der Waals surface area contributed by atoms with E-state index >= 15 is 0 Å². The Hall–Kier alpha value is -0.860. The Kier molecular flexibility index (Phi) is 4.30. The second-order valence-electron chi connectivity index (χ2n) is 4.38. The van der Waals surface area contributed by atoms with Crippen LogP contribution in [0.15, 0.2) is 24.3 Å². The van der Waals surface area contributed by atoms with Gasteiger partial charge in [-0.15, -0.1) is 0 Å². The summed E-state index contributed by atoms with van der Waals surface area (Å²) in [7, 11) is 0. The van der Waals surface area contributed by atoms with Gasteiger partial charge in [0, 0.05) is 6.04 Å². The minimum atomic E-state index is -0.00870. The van der Waals surface area contributed by atoms with Crippen LogP contribution in [0.25, 0.3) is 0 Å². The Morgan fingerprint density at radius 3 is 2.00 bits per heavy atom. The smallest absolute Gasteiger partial charge is 0.0976 e. The predicted octanol–water partition coefficient (Wildman–Crippen LogP) is 2.81. The van der Waals surface area contributed by atoms with Crippen LogP contribution in [0.1, 0.15) is 38.0 Å². The first-order valence-electron chi connectivity index (χ1n) is 5.48. The van der Waals surface area contributed by atoms with E-state index in [1.807, 2.05) is 20.8 Å². The van der Waals surface area contributed by atoms with Crippen molar-refractivity contribution in [3.63, 3.8) is 0 Å². The quantitative estimate of drug-likeness (QED) is 0.824. The second-order valence-corrected chi connectivity index (χ2v) is 4.38. The number of benzene rings is 1. The van der Waals surface area contributed by atoms with E-state index in [2.05, 4.69) is 31.2 Å². The Morgan fingerprint density at radius 1 is 1.07 bits per heavy atom. The molecule has 0 aliphatic carbocycles. The molecule has 0 amide bonds. The Morgan fingerprint density at radius 2 is 1.60 bits per heavy atom. The highest BCUT2D eigenvalue weighted by atomic mass is 16.5. The summed E-state index contributed by atoms with van der Waals surface area (Å²) in [5.74, 6) is 0. The minimum absolute atomic E-state index is 0.00870. The SMILES string of the molecule is Cc1ccc(C(OC(C)C)C(C)N)cc1. The topological polar surface area (TPSA) is 35.2 Å². The number of ether oxygens (including phenoxy) is 1. The molecule has 1 aromatic carbocycles. The molecule has 2 nitrogen and oxygen atoms in total. The Balaban J connectivity index is 2.84. The molecule has 0 aromatic heterocycles. The van der Waals surface area contributed by atoms with Gasteiger partial charge in [-0.1, -0.05) is 29.8 Å². The molecule has 2 atom stereocenters. The van der Waals surface area contributed by atoms with Gasteiger partial charge in [-0.25, -0.2) is 0 Å².